The van der Waals surface area contributed by atoms with E-state index in [2.05, 4.69) is 20.3 Å². The Morgan fingerprint density at radius 1 is 1.31 bits per heavy atom. The molecule has 1 amide bonds. The van der Waals surface area contributed by atoms with Crippen molar-refractivity contribution in [1.82, 2.24) is 9.97 Å². The fourth-order valence-electron chi connectivity index (χ4n) is 3.60. The maximum atomic E-state index is 13.6. The van der Waals surface area contributed by atoms with Gasteiger partial charge in [-0.05, 0) is 37.1 Å². The standard InChI is InChI=1S/C22H24FN7O2/c1-26-11-14-8-17(19(10-16(14)24)30-6-3-15(23)4-7-30)28-21(31)18-12-32-22(29-18)13-2-5-27-20(25)9-13/h2,5,8-12,15H,3-4,6-7,24H2,1H3,(H2,25,27)(H,28,31). The summed E-state index contributed by atoms with van der Waals surface area (Å²) in [6.45, 7) is 1.06. The van der Waals surface area contributed by atoms with E-state index in [1.165, 1.54) is 12.5 Å². The van der Waals surface area contributed by atoms with Crippen LogP contribution in [0.25, 0.3) is 11.5 Å². The Morgan fingerprint density at radius 2 is 2.09 bits per heavy atom. The maximum Gasteiger partial charge on any atom is 0.277 e. The van der Waals surface area contributed by atoms with Crippen molar-refractivity contribution in [3.8, 4) is 11.5 Å². The number of amides is 1. The van der Waals surface area contributed by atoms with Gasteiger partial charge in [-0.2, -0.15) is 0 Å². The van der Waals surface area contributed by atoms with Gasteiger partial charge in [0.15, 0.2) is 5.69 Å². The van der Waals surface area contributed by atoms with Crippen molar-refractivity contribution in [2.75, 3.05) is 41.8 Å². The first-order chi connectivity index (χ1) is 15.4. The van der Waals surface area contributed by atoms with Crippen LogP contribution in [0, 0.1) is 0 Å². The Labute approximate surface area is 184 Å². The van der Waals surface area contributed by atoms with Crippen molar-refractivity contribution in [1.29, 1.82) is 0 Å². The molecule has 0 radical (unpaired) electrons. The van der Waals surface area contributed by atoms with Gasteiger partial charge in [-0.1, -0.05) is 0 Å². The van der Waals surface area contributed by atoms with E-state index in [4.69, 9.17) is 15.9 Å². The number of oxazole rings is 1. The second-order valence-electron chi connectivity index (χ2n) is 7.51. The summed E-state index contributed by atoms with van der Waals surface area (Å²) < 4.78 is 19.1. The minimum Gasteiger partial charge on any atom is -0.444 e. The van der Waals surface area contributed by atoms with Crippen molar-refractivity contribution >= 4 is 35.0 Å². The van der Waals surface area contributed by atoms with Gasteiger partial charge < -0.3 is 26.1 Å². The zero-order valence-corrected chi connectivity index (χ0v) is 17.6. The molecule has 2 aromatic heterocycles. The van der Waals surface area contributed by atoms with Gasteiger partial charge in [0.05, 0.1) is 11.4 Å². The van der Waals surface area contributed by atoms with E-state index < -0.39 is 12.1 Å². The monoisotopic (exact) mass is 437 g/mol. The van der Waals surface area contributed by atoms with Crippen LogP contribution in [0.2, 0.25) is 0 Å². The third-order valence-electron chi connectivity index (χ3n) is 5.25. The van der Waals surface area contributed by atoms with Crippen molar-refractivity contribution in [3.63, 3.8) is 0 Å². The van der Waals surface area contributed by atoms with Crippen LogP contribution in [-0.4, -0.2) is 48.4 Å². The lowest BCUT2D eigenvalue weighted by molar-refractivity contribution is 0.102. The van der Waals surface area contributed by atoms with Gasteiger partial charge in [-0.3, -0.25) is 9.79 Å². The predicted molar refractivity (Wildman–Crippen MR) is 123 cm³/mol. The number of anilines is 4. The molecule has 0 unspecified atom stereocenters. The summed E-state index contributed by atoms with van der Waals surface area (Å²) in [7, 11) is 1.64. The molecule has 10 heteroatoms. The zero-order valence-electron chi connectivity index (χ0n) is 17.6. The lowest BCUT2D eigenvalue weighted by Crippen LogP contribution is -2.35. The predicted octanol–water partition coefficient (Wildman–Crippen LogP) is 3.14. The van der Waals surface area contributed by atoms with E-state index in [0.717, 1.165) is 5.69 Å². The van der Waals surface area contributed by atoms with Crippen molar-refractivity contribution in [3.05, 3.63) is 48.0 Å². The van der Waals surface area contributed by atoms with E-state index >= 15 is 0 Å². The summed E-state index contributed by atoms with van der Waals surface area (Å²) in [5.41, 5.74) is 15.0. The number of nitrogens with one attached hydrogen (secondary N) is 1. The highest BCUT2D eigenvalue weighted by Crippen LogP contribution is 2.33. The number of benzene rings is 1. The summed E-state index contributed by atoms with van der Waals surface area (Å²) in [5.74, 6) is 0.124. The zero-order chi connectivity index (χ0) is 22.7. The number of piperidine rings is 1. The molecule has 9 nitrogen and oxygen atoms in total. The quantitative estimate of drug-likeness (QED) is 0.412. The molecule has 1 aromatic carbocycles. The van der Waals surface area contributed by atoms with Gasteiger partial charge in [-0.25, -0.2) is 14.4 Å². The van der Waals surface area contributed by atoms with Crippen LogP contribution in [0.15, 0.2) is 46.1 Å². The van der Waals surface area contributed by atoms with Gasteiger partial charge in [0.2, 0.25) is 5.89 Å². The SMILES string of the molecule is CN=Cc1cc(NC(=O)c2coc(-c3ccnc(N)c3)n2)c(N2CCC(F)CC2)cc1N. The van der Waals surface area contributed by atoms with E-state index in [0.29, 0.717) is 54.3 Å². The second-order valence-corrected chi connectivity index (χ2v) is 7.51. The second kappa shape index (κ2) is 9.04. The van der Waals surface area contributed by atoms with Crippen LogP contribution in [0.4, 0.5) is 27.3 Å². The average molecular weight is 437 g/mol. The van der Waals surface area contributed by atoms with Gasteiger partial charge in [0.25, 0.3) is 5.91 Å². The van der Waals surface area contributed by atoms with Crippen LogP contribution in [0.3, 0.4) is 0 Å². The number of hydrogen-bond donors (Lipinski definition) is 3. The normalized spacial score (nSPS) is 14.8. The lowest BCUT2D eigenvalue weighted by atomic mass is 10.1. The first kappa shape index (κ1) is 21.3. The van der Waals surface area contributed by atoms with Crippen molar-refractivity contribution in [2.45, 2.75) is 19.0 Å². The number of aromatic nitrogens is 2. The van der Waals surface area contributed by atoms with E-state index in [-0.39, 0.29) is 11.6 Å². The number of carbonyl (C=O) groups excluding carboxylic acids is 1. The molecule has 1 aliphatic rings. The van der Waals surface area contributed by atoms with Crippen LogP contribution < -0.4 is 21.7 Å². The number of nitrogen functional groups attached to an aromatic ring is 2. The highest BCUT2D eigenvalue weighted by Gasteiger charge is 2.23. The molecule has 0 spiro atoms. The molecule has 0 aliphatic carbocycles. The fraction of sp³-hybridized carbons (Fsp3) is 0.273. The first-order valence-electron chi connectivity index (χ1n) is 10.2. The average Bonchev–Trinajstić information content (AvgIpc) is 3.27. The topological polar surface area (TPSA) is 136 Å². The maximum absolute atomic E-state index is 13.6. The molecular weight excluding hydrogens is 413 g/mol. The molecular formula is C22H24FN7O2. The largest absolute Gasteiger partial charge is 0.444 e. The highest BCUT2D eigenvalue weighted by atomic mass is 19.1. The third-order valence-corrected chi connectivity index (χ3v) is 5.25. The molecule has 1 saturated heterocycles. The molecule has 32 heavy (non-hydrogen) atoms. The molecule has 0 saturated carbocycles. The van der Waals surface area contributed by atoms with E-state index in [9.17, 15) is 9.18 Å². The van der Waals surface area contributed by atoms with Crippen LogP contribution in [-0.2, 0) is 0 Å². The number of nitrogens with two attached hydrogens (primary N) is 2. The Morgan fingerprint density at radius 3 is 2.81 bits per heavy atom. The minimum absolute atomic E-state index is 0.103. The van der Waals surface area contributed by atoms with Crippen LogP contribution in [0.1, 0.15) is 28.9 Å². The van der Waals surface area contributed by atoms with Gasteiger partial charge in [0, 0.05) is 49.4 Å². The number of pyridine rings is 1. The lowest BCUT2D eigenvalue weighted by Gasteiger charge is -2.32. The Hall–Kier alpha value is -3.95. The van der Waals surface area contributed by atoms with E-state index in [1.807, 2.05) is 4.90 Å². The summed E-state index contributed by atoms with van der Waals surface area (Å²) in [5, 5.41) is 2.89. The molecule has 5 N–H and O–H groups in total. The number of nitrogens with zero attached hydrogens (tertiary/aromatic N) is 4. The third kappa shape index (κ3) is 4.53. The Kier molecular flexibility index (Phi) is 6.02. The molecule has 0 bridgehead atoms. The molecule has 3 heterocycles. The van der Waals surface area contributed by atoms with Crippen LogP contribution in [0.5, 0.6) is 0 Å². The highest BCUT2D eigenvalue weighted by molar-refractivity contribution is 6.06. The van der Waals surface area contributed by atoms with Crippen molar-refractivity contribution in [2.24, 2.45) is 4.99 Å². The molecule has 3 aromatic rings. The number of carbonyl (C=O) groups is 1. The summed E-state index contributed by atoms with van der Waals surface area (Å²) >= 11 is 0. The van der Waals surface area contributed by atoms with E-state index in [1.54, 1.807) is 37.5 Å². The Balaban J connectivity index is 1.62. The molecule has 4 rings (SSSR count). The fourth-order valence-corrected chi connectivity index (χ4v) is 3.60. The van der Waals surface area contributed by atoms with Crippen LogP contribution >= 0.6 is 0 Å². The molecule has 1 aliphatic heterocycles. The molecule has 166 valence electrons. The first-order valence-corrected chi connectivity index (χ1v) is 10.2. The van der Waals surface area contributed by atoms with Gasteiger partial charge in [-0.15, -0.1) is 0 Å². The number of hydrogen-bond acceptors (Lipinski definition) is 8. The number of halogens is 1. The molecule has 1 fully saturated rings. The number of alkyl halides is 1. The smallest absolute Gasteiger partial charge is 0.277 e. The number of aliphatic imine (C=N–C) groups is 1. The number of rotatable bonds is 5. The van der Waals surface area contributed by atoms with Crippen molar-refractivity contribution < 1.29 is 13.6 Å². The van der Waals surface area contributed by atoms with Gasteiger partial charge in [0.1, 0.15) is 18.3 Å². The Bertz CT molecular complexity index is 1150. The minimum atomic E-state index is -0.816. The van der Waals surface area contributed by atoms with Gasteiger partial charge >= 0.3 is 0 Å². The summed E-state index contributed by atoms with van der Waals surface area (Å²) in [4.78, 5) is 27.2. The molecule has 0 atom stereocenters. The summed E-state index contributed by atoms with van der Waals surface area (Å²) in [6.07, 6.45) is 4.46. The summed E-state index contributed by atoms with van der Waals surface area (Å²) in [6, 6.07) is 6.82.